The maximum Gasteiger partial charge on any atom is 0.280 e. The van der Waals surface area contributed by atoms with E-state index in [0.717, 1.165) is 11.1 Å². The second-order valence-electron chi connectivity index (χ2n) is 7.08. The molecule has 0 unspecified atom stereocenters. The molecule has 0 saturated heterocycles. The SMILES string of the molecule is Cc1ccc(-c2ccc(C=C(C#N)c3nc4cc(C)ccc4c(=O)[nH]3)o2)c([N+](=O)[O-])c1. The van der Waals surface area contributed by atoms with Crippen LogP contribution in [-0.2, 0) is 0 Å². The Morgan fingerprint density at radius 2 is 1.90 bits per heavy atom. The van der Waals surface area contributed by atoms with Crippen molar-refractivity contribution in [2.45, 2.75) is 13.8 Å². The molecule has 8 heteroatoms. The molecule has 0 bridgehead atoms. The van der Waals surface area contributed by atoms with Crippen LogP contribution >= 0.6 is 0 Å². The lowest BCUT2D eigenvalue weighted by molar-refractivity contribution is -0.384. The lowest BCUT2D eigenvalue weighted by atomic mass is 10.1. The van der Waals surface area contributed by atoms with Crippen molar-refractivity contribution >= 4 is 28.2 Å². The average Bonchev–Trinajstić information content (AvgIpc) is 3.19. The van der Waals surface area contributed by atoms with Gasteiger partial charge < -0.3 is 9.40 Å². The molecular weight excluding hydrogens is 396 g/mol. The normalized spacial score (nSPS) is 11.5. The van der Waals surface area contributed by atoms with Crippen LogP contribution in [0.25, 0.3) is 33.9 Å². The van der Waals surface area contributed by atoms with Crippen LogP contribution in [0.2, 0.25) is 0 Å². The fraction of sp³-hybridized carbons (Fsp3) is 0.0870. The third kappa shape index (κ3) is 3.84. The zero-order valence-corrected chi connectivity index (χ0v) is 16.7. The molecule has 2 heterocycles. The van der Waals surface area contributed by atoms with Crippen molar-refractivity contribution in [1.29, 1.82) is 5.26 Å². The summed E-state index contributed by atoms with van der Waals surface area (Å²) in [7, 11) is 0. The number of aromatic amines is 1. The van der Waals surface area contributed by atoms with Gasteiger partial charge in [-0.15, -0.1) is 0 Å². The summed E-state index contributed by atoms with van der Waals surface area (Å²) in [6.07, 6.45) is 1.43. The zero-order chi connectivity index (χ0) is 22.1. The van der Waals surface area contributed by atoms with E-state index < -0.39 is 4.92 Å². The fourth-order valence-electron chi connectivity index (χ4n) is 3.25. The number of nitrogens with zero attached hydrogens (tertiary/aromatic N) is 3. The monoisotopic (exact) mass is 412 g/mol. The lowest BCUT2D eigenvalue weighted by Crippen LogP contribution is -2.11. The largest absolute Gasteiger partial charge is 0.456 e. The summed E-state index contributed by atoms with van der Waals surface area (Å²) in [4.78, 5) is 30.3. The molecule has 31 heavy (non-hydrogen) atoms. The number of rotatable bonds is 4. The van der Waals surface area contributed by atoms with E-state index in [-0.39, 0.29) is 22.6 Å². The molecule has 0 aliphatic carbocycles. The van der Waals surface area contributed by atoms with E-state index in [2.05, 4.69) is 9.97 Å². The third-order valence-electron chi connectivity index (χ3n) is 4.77. The highest BCUT2D eigenvalue weighted by atomic mass is 16.6. The molecule has 0 fully saturated rings. The van der Waals surface area contributed by atoms with E-state index in [1.165, 1.54) is 12.1 Å². The predicted molar refractivity (Wildman–Crippen MR) is 116 cm³/mol. The molecule has 0 spiro atoms. The fourth-order valence-corrected chi connectivity index (χ4v) is 3.25. The van der Waals surface area contributed by atoms with Gasteiger partial charge in [-0.25, -0.2) is 4.98 Å². The Kier molecular flexibility index (Phi) is 4.93. The lowest BCUT2D eigenvalue weighted by Gasteiger charge is -2.03. The van der Waals surface area contributed by atoms with Gasteiger partial charge in [0.25, 0.3) is 11.2 Å². The number of hydrogen-bond acceptors (Lipinski definition) is 6. The highest BCUT2D eigenvalue weighted by Gasteiger charge is 2.18. The minimum absolute atomic E-state index is 0.0683. The minimum Gasteiger partial charge on any atom is -0.456 e. The Morgan fingerprint density at radius 1 is 1.16 bits per heavy atom. The van der Waals surface area contributed by atoms with E-state index in [1.807, 2.05) is 19.1 Å². The number of aryl methyl sites for hydroxylation is 2. The van der Waals surface area contributed by atoms with Gasteiger partial charge in [-0.2, -0.15) is 5.26 Å². The van der Waals surface area contributed by atoms with Crippen LogP contribution in [0, 0.1) is 35.3 Å². The number of nitro groups is 1. The van der Waals surface area contributed by atoms with Gasteiger partial charge in [-0.3, -0.25) is 14.9 Å². The van der Waals surface area contributed by atoms with Crippen LogP contribution in [0.1, 0.15) is 22.7 Å². The molecule has 0 atom stereocenters. The molecule has 152 valence electrons. The molecule has 0 saturated carbocycles. The number of furan rings is 1. The number of H-pyrrole nitrogens is 1. The Labute approximate surface area is 176 Å². The first-order valence-electron chi connectivity index (χ1n) is 9.34. The van der Waals surface area contributed by atoms with E-state index in [1.54, 1.807) is 43.3 Å². The van der Waals surface area contributed by atoms with Crippen LogP contribution in [0.4, 0.5) is 5.69 Å². The van der Waals surface area contributed by atoms with E-state index in [9.17, 15) is 20.2 Å². The van der Waals surface area contributed by atoms with Gasteiger partial charge in [-0.1, -0.05) is 12.1 Å². The number of fused-ring (bicyclic) bond motifs is 1. The Balaban J connectivity index is 1.77. The molecule has 1 N–H and O–H groups in total. The highest BCUT2D eigenvalue weighted by Crippen LogP contribution is 2.32. The molecule has 0 aliphatic heterocycles. The van der Waals surface area contributed by atoms with Crippen molar-refractivity contribution < 1.29 is 9.34 Å². The van der Waals surface area contributed by atoms with Crippen LogP contribution in [0.3, 0.4) is 0 Å². The second-order valence-corrected chi connectivity index (χ2v) is 7.08. The maximum absolute atomic E-state index is 12.4. The molecule has 0 radical (unpaired) electrons. The second kappa shape index (κ2) is 7.72. The summed E-state index contributed by atoms with van der Waals surface area (Å²) in [6.45, 7) is 3.66. The van der Waals surface area contributed by atoms with Crippen LogP contribution in [0.5, 0.6) is 0 Å². The van der Waals surface area contributed by atoms with Crippen LogP contribution in [0.15, 0.2) is 57.7 Å². The van der Waals surface area contributed by atoms with Gasteiger partial charge in [0.2, 0.25) is 0 Å². The van der Waals surface area contributed by atoms with Gasteiger partial charge in [0.15, 0.2) is 5.82 Å². The molecule has 4 aromatic rings. The van der Waals surface area contributed by atoms with E-state index >= 15 is 0 Å². The molecular formula is C23H16N4O4. The summed E-state index contributed by atoms with van der Waals surface area (Å²) >= 11 is 0. The highest BCUT2D eigenvalue weighted by molar-refractivity contribution is 5.88. The summed E-state index contributed by atoms with van der Waals surface area (Å²) in [5.41, 5.74) is 2.19. The first-order chi connectivity index (χ1) is 14.9. The average molecular weight is 412 g/mol. The number of nitriles is 1. The number of allylic oxidation sites excluding steroid dienone is 1. The Bertz CT molecular complexity index is 1470. The summed E-state index contributed by atoms with van der Waals surface area (Å²) in [5.74, 6) is 0.712. The smallest absolute Gasteiger partial charge is 0.280 e. The van der Waals surface area contributed by atoms with E-state index in [0.29, 0.717) is 28.0 Å². The number of benzene rings is 2. The molecule has 8 nitrogen and oxygen atoms in total. The van der Waals surface area contributed by atoms with Crippen molar-refractivity contribution in [2.75, 3.05) is 0 Å². The van der Waals surface area contributed by atoms with Gasteiger partial charge in [0.1, 0.15) is 17.6 Å². The van der Waals surface area contributed by atoms with Crippen molar-refractivity contribution in [1.82, 2.24) is 9.97 Å². The maximum atomic E-state index is 12.4. The Morgan fingerprint density at radius 3 is 2.65 bits per heavy atom. The molecule has 4 rings (SSSR count). The van der Waals surface area contributed by atoms with Gasteiger partial charge in [0, 0.05) is 12.1 Å². The van der Waals surface area contributed by atoms with Gasteiger partial charge in [-0.05, 0) is 55.3 Å². The molecule has 2 aromatic carbocycles. The molecule has 0 aliphatic rings. The first-order valence-corrected chi connectivity index (χ1v) is 9.34. The van der Waals surface area contributed by atoms with Crippen molar-refractivity contribution in [3.8, 4) is 17.4 Å². The summed E-state index contributed by atoms with van der Waals surface area (Å²) < 4.78 is 5.74. The van der Waals surface area contributed by atoms with Crippen LogP contribution < -0.4 is 5.56 Å². The number of hydrogen-bond donors (Lipinski definition) is 1. The van der Waals surface area contributed by atoms with Crippen molar-refractivity contribution in [3.05, 3.63) is 91.7 Å². The van der Waals surface area contributed by atoms with Crippen LogP contribution in [-0.4, -0.2) is 14.9 Å². The number of aromatic nitrogens is 2. The van der Waals surface area contributed by atoms with Gasteiger partial charge in [0.05, 0.1) is 27.0 Å². The summed E-state index contributed by atoms with van der Waals surface area (Å²) in [5, 5.41) is 21.4. The standard InChI is InChI=1S/C23H16N4O4/c1-13-3-6-17-19(9-13)25-22(26-23(17)28)15(12-24)11-16-5-8-21(31-16)18-7-4-14(2)10-20(18)27(29)30/h3-11H,1-2H3,(H,25,26,28). The van der Waals surface area contributed by atoms with E-state index in [4.69, 9.17) is 4.42 Å². The third-order valence-corrected chi connectivity index (χ3v) is 4.77. The molecule has 0 amide bonds. The summed E-state index contributed by atoms with van der Waals surface area (Å²) in [6, 6.07) is 15.3. The quantitative estimate of drug-likeness (QED) is 0.292. The predicted octanol–water partition coefficient (Wildman–Crippen LogP) is 4.77. The topological polar surface area (TPSA) is 126 Å². The van der Waals surface area contributed by atoms with Crippen molar-refractivity contribution in [2.24, 2.45) is 0 Å². The zero-order valence-electron chi connectivity index (χ0n) is 16.7. The first kappa shape index (κ1) is 19.8. The number of nitrogens with one attached hydrogen (secondary N) is 1. The minimum atomic E-state index is -0.465. The Hall–Kier alpha value is -4.51. The van der Waals surface area contributed by atoms with Crippen molar-refractivity contribution in [3.63, 3.8) is 0 Å². The van der Waals surface area contributed by atoms with Gasteiger partial charge >= 0.3 is 0 Å². The number of nitro benzene ring substituents is 1. The molecule has 2 aromatic heterocycles.